The third-order valence-electron chi connectivity index (χ3n) is 4.46. The van der Waals surface area contributed by atoms with Crippen LogP contribution in [-0.4, -0.2) is 19.0 Å². The molecule has 1 aliphatic heterocycles. The first-order valence-corrected chi connectivity index (χ1v) is 7.90. The van der Waals surface area contributed by atoms with E-state index in [-0.39, 0.29) is 11.3 Å². The average molecular weight is 294 g/mol. The molecule has 114 valence electrons. The van der Waals surface area contributed by atoms with Gasteiger partial charge in [0.05, 0.1) is 5.41 Å². The summed E-state index contributed by atoms with van der Waals surface area (Å²) < 4.78 is 0. The number of amides is 1. The molecule has 3 heteroatoms. The Morgan fingerprint density at radius 1 is 0.955 bits per heavy atom. The van der Waals surface area contributed by atoms with Crippen molar-refractivity contribution in [1.29, 1.82) is 0 Å². The zero-order valence-corrected chi connectivity index (χ0v) is 12.7. The van der Waals surface area contributed by atoms with Crippen molar-refractivity contribution in [2.24, 2.45) is 5.41 Å². The van der Waals surface area contributed by atoms with Crippen LogP contribution in [0.3, 0.4) is 0 Å². The van der Waals surface area contributed by atoms with Crippen LogP contribution in [0.25, 0.3) is 0 Å². The number of rotatable bonds is 4. The van der Waals surface area contributed by atoms with Gasteiger partial charge in [0.25, 0.3) is 0 Å². The predicted octanol–water partition coefficient (Wildman–Crippen LogP) is 3.24. The summed E-state index contributed by atoms with van der Waals surface area (Å²) in [7, 11) is 0. The van der Waals surface area contributed by atoms with Gasteiger partial charge in [-0.25, -0.2) is 0 Å². The Kier molecular flexibility index (Phi) is 4.54. The summed E-state index contributed by atoms with van der Waals surface area (Å²) in [6.45, 7) is 1.80. The fourth-order valence-corrected chi connectivity index (χ4v) is 3.16. The van der Waals surface area contributed by atoms with E-state index in [2.05, 4.69) is 22.8 Å². The van der Waals surface area contributed by atoms with Crippen LogP contribution >= 0.6 is 0 Å². The van der Waals surface area contributed by atoms with Crippen molar-refractivity contribution in [3.8, 4) is 0 Å². The Morgan fingerprint density at radius 3 is 2.18 bits per heavy atom. The SMILES string of the molecule is O=C(Nc1ccccc1)C1(Cc2ccccc2)CCNCC1. The third-order valence-corrected chi connectivity index (χ3v) is 4.46. The van der Waals surface area contributed by atoms with Crippen LogP contribution in [0.15, 0.2) is 60.7 Å². The molecule has 2 N–H and O–H groups in total. The van der Waals surface area contributed by atoms with E-state index in [0.717, 1.165) is 38.0 Å². The highest BCUT2D eigenvalue weighted by Crippen LogP contribution is 2.34. The first kappa shape index (κ1) is 14.8. The van der Waals surface area contributed by atoms with Crippen LogP contribution in [0, 0.1) is 5.41 Å². The van der Waals surface area contributed by atoms with Crippen LogP contribution in [0.1, 0.15) is 18.4 Å². The summed E-state index contributed by atoms with van der Waals surface area (Å²) in [5.74, 6) is 0.143. The predicted molar refractivity (Wildman–Crippen MR) is 89.8 cm³/mol. The first-order chi connectivity index (χ1) is 10.8. The van der Waals surface area contributed by atoms with Crippen molar-refractivity contribution in [1.82, 2.24) is 5.32 Å². The maximum absolute atomic E-state index is 13.0. The molecule has 22 heavy (non-hydrogen) atoms. The molecular weight excluding hydrogens is 272 g/mol. The van der Waals surface area contributed by atoms with Gasteiger partial charge in [-0.3, -0.25) is 4.79 Å². The van der Waals surface area contributed by atoms with Gasteiger partial charge in [-0.15, -0.1) is 0 Å². The summed E-state index contributed by atoms with van der Waals surface area (Å²) >= 11 is 0. The topological polar surface area (TPSA) is 41.1 Å². The molecule has 1 saturated heterocycles. The molecule has 0 aliphatic carbocycles. The summed E-state index contributed by atoms with van der Waals surface area (Å²) in [6, 6.07) is 20.0. The Hall–Kier alpha value is -2.13. The Labute approximate surface area is 131 Å². The highest BCUT2D eigenvalue weighted by atomic mass is 16.2. The Bertz CT molecular complexity index is 604. The minimum absolute atomic E-state index is 0.143. The molecule has 3 rings (SSSR count). The van der Waals surface area contributed by atoms with Crippen LogP contribution in [0.5, 0.6) is 0 Å². The molecule has 0 spiro atoms. The molecule has 3 nitrogen and oxygen atoms in total. The van der Waals surface area contributed by atoms with Crippen molar-refractivity contribution < 1.29 is 4.79 Å². The lowest BCUT2D eigenvalue weighted by Gasteiger charge is -2.36. The van der Waals surface area contributed by atoms with Crippen LogP contribution < -0.4 is 10.6 Å². The van der Waals surface area contributed by atoms with Crippen molar-refractivity contribution in [2.45, 2.75) is 19.3 Å². The number of nitrogens with one attached hydrogen (secondary N) is 2. The van der Waals surface area contributed by atoms with Gasteiger partial charge in [-0.2, -0.15) is 0 Å². The van der Waals surface area contributed by atoms with Gasteiger partial charge in [0.15, 0.2) is 0 Å². The summed E-state index contributed by atoms with van der Waals surface area (Å²) in [5, 5.41) is 6.47. The Balaban J connectivity index is 1.80. The average Bonchev–Trinajstić information content (AvgIpc) is 2.57. The van der Waals surface area contributed by atoms with Crippen LogP contribution in [0.2, 0.25) is 0 Å². The highest BCUT2D eigenvalue weighted by Gasteiger charge is 2.39. The molecular formula is C19H22N2O. The van der Waals surface area contributed by atoms with Crippen LogP contribution in [-0.2, 0) is 11.2 Å². The number of carbonyl (C=O) groups excluding carboxylic acids is 1. The standard InChI is InChI=1S/C19H22N2O/c22-18(21-17-9-5-2-6-10-17)19(11-13-20-14-12-19)15-16-7-3-1-4-8-16/h1-10,20H,11-15H2,(H,21,22). The molecule has 0 unspecified atom stereocenters. The van der Waals surface area contributed by atoms with Crippen molar-refractivity contribution in [3.63, 3.8) is 0 Å². The molecule has 0 radical (unpaired) electrons. The maximum atomic E-state index is 13.0. The minimum atomic E-state index is -0.317. The van der Waals surface area contributed by atoms with Crippen molar-refractivity contribution >= 4 is 11.6 Å². The van der Waals surface area contributed by atoms with Gasteiger partial charge in [0.1, 0.15) is 0 Å². The monoisotopic (exact) mass is 294 g/mol. The number of carbonyl (C=O) groups is 1. The second-order valence-corrected chi connectivity index (χ2v) is 6.01. The molecule has 2 aromatic rings. The van der Waals surface area contributed by atoms with Gasteiger partial charge in [0, 0.05) is 5.69 Å². The lowest BCUT2D eigenvalue weighted by molar-refractivity contribution is -0.127. The molecule has 1 heterocycles. The van der Waals surface area contributed by atoms with Gasteiger partial charge in [-0.1, -0.05) is 48.5 Å². The van der Waals surface area contributed by atoms with Crippen molar-refractivity contribution in [2.75, 3.05) is 18.4 Å². The third kappa shape index (κ3) is 3.37. The Morgan fingerprint density at radius 2 is 1.55 bits per heavy atom. The largest absolute Gasteiger partial charge is 0.326 e. The zero-order chi connectivity index (χ0) is 15.3. The molecule has 1 amide bonds. The van der Waals surface area contributed by atoms with Gasteiger partial charge < -0.3 is 10.6 Å². The summed E-state index contributed by atoms with van der Waals surface area (Å²) in [5.41, 5.74) is 1.79. The molecule has 0 saturated carbocycles. The fourth-order valence-electron chi connectivity index (χ4n) is 3.16. The molecule has 0 atom stereocenters. The van der Waals surface area contributed by atoms with Gasteiger partial charge in [0.2, 0.25) is 5.91 Å². The van der Waals surface area contributed by atoms with E-state index < -0.39 is 0 Å². The number of para-hydroxylation sites is 1. The van der Waals surface area contributed by atoms with E-state index >= 15 is 0 Å². The molecule has 0 bridgehead atoms. The number of benzene rings is 2. The van der Waals surface area contributed by atoms with Gasteiger partial charge >= 0.3 is 0 Å². The van der Waals surface area contributed by atoms with Gasteiger partial charge in [-0.05, 0) is 50.0 Å². The van der Waals surface area contributed by atoms with E-state index in [1.54, 1.807) is 0 Å². The number of hydrogen-bond acceptors (Lipinski definition) is 2. The normalized spacial score (nSPS) is 16.9. The van der Waals surface area contributed by atoms with Crippen LogP contribution in [0.4, 0.5) is 5.69 Å². The smallest absolute Gasteiger partial charge is 0.231 e. The number of hydrogen-bond donors (Lipinski definition) is 2. The molecule has 2 aromatic carbocycles. The minimum Gasteiger partial charge on any atom is -0.326 e. The highest BCUT2D eigenvalue weighted by molar-refractivity contribution is 5.95. The summed E-state index contributed by atoms with van der Waals surface area (Å²) in [6.07, 6.45) is 2.55. The lowest BCUT2D eigenvalue weighted by Crippen LogP contribution is -2.46. The molecule has 1 aliphatic rings. The zero-order valence-electron chi connectivity index (χ0n) is 12.7. The second kappa shape index (κ2) is 6.75. The first-order valence-electron chi connectivity index (χ1n) is 7.90. The number of anilines is 1. The lowest BCUT2D eigenvalue weighted by atomic mass is 9.73. The second-order valence-electron chi connectivity index (χ2n) is 6.01. The van der Waals surface area contributed by atoms with E-state index in [1.165, 1.54) is 5.56 Å². The van der Waals surface area contributed by atoms with E-state index in [4.69, 9.17) is 0 Å². The summed E-state index contributed by atoms with van der Waals surface area (Å²) in [4.78, 5) is 13.0. The molecule has 0 aromatic heterocycles. The number of piperidine rings is 1. The van der Waals surface area contributed by atoms with E-state index in [9.17, 15) is 4.79 Å². The maximum Gasteiger partial charge on any atom is 0.231 e. The molecule has 1 fully saturated rings. The van der Waals surface area contributed by atoms with E-state index in [0.29, 0.717) is 0 Å². The van der Waals surface area contributed by atoms with E-state index in [1.807, 2.05) is 48.5 Å². The van der Waals surface area contributed by atoms with Crippen molar-refractivity contribution in [3.05, 3.63) is 66.2 Å². The quantitative estimate of drug-likeness (QED) is 0.909. The fraction of sp³-hybridized carbons (Fsp3) is 0.316.